The molecular weight excluding hydrogens is 350 g/mol. The first kappa shape index (κ1) is 18.1. The van der Waals surface area contributed by atoms with Gasteiger partial charge in [-0.2, -0.15) is 0 Å². The molecule has 1 aromatic heterocycles. The molecule has 0 unspecified atom stereocenters. The summed E-state index contributed by atoms with van der Waals surface area (Å²) in [6.07, 6.45) is 1.51. The number of anilines is 1. The molecule has 3 amide bonds. The molecule has 3 rings (SSSR count). The first-order valence-corrected chi connectivity index (χ1v) is 9.34. The van der Waals surface area contributed by atoms with Gasteiger partial charge in [0.1, 0.15) is 0 Å². The Morgan fingerprint density at radius 2 is 2.08 bits per heavy atom. The number of likely N-dealkylation sites (tertiary alicyclic amines) is 1. The Bertz CT molecular complexity index is 831. The number of nitrogens with one attached hydrogen (secondary N) is 2. The second-order valence-electron chi connectivity index (χ2n) is 6.26. The van der Waals surface area contributed by atoms with Crippen molar-refractivity contribution in [3.05, 3.63) is 51.7 Å². The molecule has 0 bridgehead atoms. The number of aryl methyl sites for hydroxylation is 1. The average Bonchev–Trinajstić information content (AvgIpc) is 3.22. The minimum atomic E-state index is -0.291. The van der Waals surface area contributed by atoms with Crippen molar-refractivity contribution in [1.82, 2.24) is 10.2 Å². The Balaban J connectivity index is 1.51. The fourth-order valence-corrected chi connectivity index (χ4v) is 3.63. The van der Waals surface area contributed by atoms with Crippen LogP contribution < -0.4 is 10.6 Å². The molecule has 2 N–H and O–H groups in total. The first-order chi connectivity index (χ1) is 12.5. The monoisotopic (exact) mass is 371 g/mol. The van der Waals surface area contributed by atoms with E-state index in [-0.39, 0.29) is 24.3 Å². The standard InChI is InChI=1S/C19H21N3O3S/c1-13-7-8-16(26-13)19(25)20-11-17(23)21-15-5-2-4-14(10-15)12-22-9-3-6-18(22)24/h2,4-5,7-8,10H,3,6,9,11-12H2,1H3,(H,20,25)(H,21,23). The maximum absolute atomic E-state index is 12.1. The van der Waals surface area contributed by atoms with E-state index in [0.29, 0.717) is 23.5 Å². The maximum Gasteiger partial charge on any atom is 0.261 e. The van der Waals surface area contributed by atoms with Crippen LogP contribution in [0.3, 0.4) is 0 Å². The van der Waals surface area contributed by atoms with Crippen molar-refractivity contribution in [2.24, 2.45) is 0 Å². The number of rotatable bonds is 6. The zero-order chi connectivity index (χ0) is 18.5. The summed E-state index contributed by atoms with van der Waals surface area (Å²) in [4.78, 5) is 39.2. The number of hydrogen-bond donors (Lipinski definition) is 2. The molecule has 26 heavy (non-hydrogen) atoms. The number of carbonyl (C=O) groups excluding carboxylic acids is 3. The van der Waals surface area contributed by atoms with Crippen LogP contribution in [0.4, 0.5) is 5.69 Å². The van der Waals surface area contributed by atoms with Gasteiger partial charge in [-0.05, 0) is 43.2 Å². The van der Waals surface area contributed by atoms with Crippen LogP contribution in [-0.2, 0) is 16.1 Å². The Morgan fingerprint density at radius 3 is 2.77 bits per heavy atom. The summed E-state index contributed by atoms with van der Waals surface area (Å²) in [7, 11) is 0. The van der Waals surface area contributed by atoms with Crippen molar-refractivity contribution in [1.29, 1.82) is 0 Å². The summed E-state index contributed by atoms with van der Waals surface area (Å²) >= 11 is 1.39. The van der Waals surface area contributed by atoms with Crippen LogP contribution >= 0.6 is 11.3 Å². The molecule has 2 aromatic rings. The molecule has 0 radical (unpaired) electrons. The van der Waals surface area contributed by atoms with Crippen molar-refractivity contribution in [2.75, 3.05) is 18.4 Å². The highest BCUT2D eigenvalue weighted by Gasteiger charge is 2.20. The quantitative estimate of drug-likeness (QED) is 0.819. The second kappa shape index (κ2) is 8.14. The Morgan fingerprint density at radius 1 is 1.23 bits per heavy atom. The fourth-order valence-electron chi connectivity index (χ4n) is 2.85. The van der Waals surface area contributed by atoms with E-state index in [9.17, 15) is 14.4 Å². The molecule has 0 saturated carbocycles. The van der Waals surface area contributed by atoms with Gasteiger partial charge >= 0.3 is 0 Å². The number of carbonyl (C=O) groups is 3. The zero-order valence-electron chi connectivity index (χ0n) is 14.6. The van der Waals surface area contributed by atoms with Crippen LogP contribution in [0.5, 0.6) is 0 Å². The molecule has 1 aliphatic rings. The molecule has 0 atom stereocenters. The topological polar surface area (TPSA) is 78.5 Å². The predicted octanol–water partition coefficient (Wildman–Crippen LogP) is 2.55. The lowest BCUT2D eigenvalue weighted by molar-refractivity contribution is -0.128. The largest absolute Gasteiger partial charge is 0.342 e. The van der Waals surface area contributed by atoms with Gasteiger partial charge in [0, 0.05) is 30.1 Å². The summed E-state index contributed by atoms with van der Waals surface area (Å²) in [6, 6.07) is 11.0. The van der Waals surface area contributed by atoms with Crippen molar-refractivity contribution < 1.29 is 14.4 Å². The summed E-state index contributed by atoms with van der Waals surface area (Å²) in [5, 5.41) is 5.39. The van der Waals surface area contributed by atoms with Gasteiger partial charge in [0.15, 0.2) is 0 Å². The van der Waals surface area contributed by atoms with E-state index in [0.717, 1.165) is 23.4 Å². The normalized spacial score (nSPS) is 13.7. The van der Waals surface area contributed by atoms with Crippen LogP contribution in [0.25, 0.3) is 0 Å². The van der Waals surface area contributed by atoms with Crippen molar-refractivity contribution in [3.63, 3.8) is 0 Å². The molecule has 2 heterocycles. The maximum atomic E-state index is 12.1. The summed E-state index contributed by atoms with van der Waals surface area (Å²) in [5.74, 6) is -0.369. The van der Waals surface area contributed by atoms with Gasteiger partial charge in [-0.25, -0.2) is 0 Å². The molecule has 0 aliphatic carbocycles. The highest BCUT2D eigenvalue weighted by Crippen LogP contribution is 2.17. The van der Waals surface area contributed by atoms with Crippen molar-refractivity contribution >= 4 is 34.7 Å². The molecule has 1 fully saturated rings. The summed E-state index contributed by atoms with van der Waals surface area (Å²) < 4.78 is 0. The Kier molecular flexibility index (Phi) is 5.68. The number of thiophene rings is 1. The van der Waals surface area contributed by atoms with E-state index in [1.54, 1.807) is 12.1 Å². The smallest absolute Gasteiger partial charge is 0.261 e. The first-order valence-electron chi connectivity index (χ1n) is 8.52. The molecular formula is C19H21N3O3S. The van der Waals surface area contributed by atoms with Gasteiger partial charge in [-0.15, -0.1) is 11.3 Å². The van der Waals surface area contributed by atoms with Gasteiger partial charge < -0.3 is 15.5 Å². The van der Waals surface area contributed by atoms with E-state index in [4.69, 9.17) is 0 Å². The van der Waals surface area contributed by atoms with Crippen molar-refractivity contribution in [2.45, 2.75) is 26.3 Å². The van der Waals surface area contributed by atoms with E-state index >= 15 is 0 Å². The minimum Gasteiger partial charge on any atom is -0.342 e. The van der Waals surface area contributed by atoms with Gasteiger partial charge in [0.05, 0.1) is 11.4 Å². The van der Waals surface area contributed by atoms with E-state index in [1.165, 1.54) is 11.3 Å². The predicted molar refractivity (Wildman–Crippen MR) is 101 cm³/mol. The highest BCUT2D eigenvalue weighted by atomic mass is 32.1. The van der Waals surface area contributed by atoms with Crippen LogP contribution in [0, 0.1) is 6.92 Å². The van der Waals surface area contributed by atoms with Crippen molar-refractivity contribution in [3.8, 4) is 0 Å². The van der Waals surface area contributed by atoms with Crippen LogP contribution in [0.2, 0.25) is 0 Å². The third-order valence-electron chi connectivity index (χ3n) is 4.13. The molecule has 7 heteroatoms. The summed E-state index contributed by atoms with van der Waals surface area (Å²) in [5.41, 5.74) is 1.62. The van der Waals surface area contributed by atoms with Gasteiger partial charge in [-0.1, -0.05) is 12.1 Å². The van der Waals surface area contributed by atoms with Gasteiger partial charge in [0.25, 0.3) is 5.91 Å². The van der Waals surface area contributed by atoms with Crippen LogP contribution in [-0.4, -0.2) is 35.7 Å². The summed E-state index contributed by atoms with van der Waals surface area (Å²) in [6.45, 7) is 3.17. The zero-order valence-corrected chi connectivity index (χ0v) is 15.4. The van der Waals surface area contributed by atoms with Crippen LogP contribution in [0.15, 0.2) is 36.4 Å². The van der Waals surface area contributed by atoms with E-state index in [2.05, 4.69) is 10.6 Å². The third-order valence-corrected chi connectivity index (χ3v) is 5.13. The molecule has 1 saturated heterocycles. The van der Waals surface area contributed by atoms with E-state index in [1.807, 2.05) is 36.1 Å². The second-order valence-corrected chi connectivity index (χ2v) is 7.55. The molecule has 1 aliphatic heterocycles. The molecule has 0 spiro atoms. The third kappa shape index (κ3) is 4.70. The average molecular weight is 371 g/mol. The lowest BCUT2D eigenvalue weighted by atomic mass is 10.2. The number of amides is 3. The fraction of sp³-hybridized carbons (Fsp3) is 0.316. The van der Waals surface area contributed by atoms with Gasteiger partial charge in [0.2, 0.25) is 11.8 Å². The highest BCUT2D eigenvalue weighted by molar-refractivity contribution is 7.13. The Hall–Kier alpha value is -2.67. The van der Waals surface area contributed by atoms with E-state index < -0.39 is 0 Å². The number of benzene rings is 1. The molecule has 136 valence electrons. The van der Waals surface area contributed by atoms with Crippen LogP contribution in [0.1, 0.15) is 33.0 Å². The minimum absolute atomic E-state index is 0.0926. The lowest BCUT2D eigenvalue weighted by Crippen LogP contribution is -2.32. The van der Waals surface area contributed by atoms with Gasteiger partial charge in [-0.3, -0.25) is 14.4 Å². The SMILES string of the molecule is Cc1ccc(C(=O)NCC(=O)Nc2cccc(CN3CCCC3=O)c2)s1. The molecule has 1 aromatic carbocycles. The molecule has 6 nitrogen and oxygen atoms in total. The lowest BCUT2D eigenvalue weighted by Gasteiger charge is -2.16. The number of nitrogens with zero attached hydrogens (tertiary/aromatic N) is 1. The number of hydrogen-bond acceptors (Lipinski definition) is 4. The Labute approximate surface area is 156 Å².